The molecule has 0 bridgehead atoms. The summed E-state index contributed by atoms with van der Waals surface area (Å²) in [7, 11) is 1.25. The van der Waals surface area contributed by atoms with E-state index in [9.17, 15) is 14.4 Å². The Balaban J connectivity index is 1.55. The molecule has 186 valence electrons. The van der Waals surface area contributed by atoms with Gasteiger partial charge in [-0.1, -0.05) is 11.6 Å². The quantitative estimate of drug-likeness (QED) is 0.433. The molecule has 36 heavy (non-hydrogen) atoms. The monoisotopic (exact) mass is 508 g/mol. The fourth-order valence-electron chi connectivity index (χ4n) is 3.70. The molecule has 1 saturated heterocycles. The van der Waals surface area contributed by atoms with Crippen LogP contribution in [0.25, 0.3) is 0 Å². The highest BCUT2D eigenvalue weighted by Gasteiger charge is 2.19. The first-order valence-corrected chi connectivity index (χ1v) is 11.7. The molecule has 2 amide bonds. The molecule has 0 spiro atoms. The van der Waals surface area contributed by atoms with Crippen molar-refractivity contribution in [1.82, 2.24) is 15.3 Å². The van der Waals surface area contributed by atoms with E-state index >= 15 is 0 Å². The lowest BCUT2D eigenvalue weighted by molar-refractivity contribution is 0.0600. The minimum atomic E-state index is -0.602. The third-order valence-corrected chi connectivity index (χ3v) is 5.80. The van der Waals surface area contributed by atoms with Crippen molar-refractivity contribution in [3.05, 3.63) is 76.6 Å². The maximum atomic E-state index is 13.0. The number of hydrogen-bond donors (Lipinski definition) is 3. The third kappa shape index (κ3) is 6.15. The summed E-state index contributed by atoms with van der Waals surface area (Å²) >= 11 is 5.85. The molecule has 0 saturated carbocycles. The van der Waals surface area contributed by atoms with Gasteiger partial charge in [-0.05, 0) is 55.4 Å². The molecule has 3 aromatic rings. The van der Waals surface area contributed by atoms with Gasteiger partial charge in [-0.25, -0.2) is 14.8 Å². The Labute approximate surface area is 213 Å². The largest absolute Gasteiger partial charge is 0.465 e. The summed E-state index contributed by atoms with van der Waals surface area (Å²) < 4.78 is 4.77. The number of carbonyl (C=O) groups is 3. The second kappa shape index (κ2) is 11.6. The van der Waals surface area contributed by atoms with Gasteiger partial charge in [-0.3, -0.25) is 9.59 Å². The molecule has 2 aromatic heterocycles. The van der Waals surface area contributed by atoms with Gasteiger partial charge in [0, 0.05) is 32.0 Å². The van der Waals surface area contributed by atoms with Crippen LogP contribution in [0.4, 0.5) is 17.3 Å². The van der Waals surface area contributed by atoms with Gasteiger partial charge in [0.15, 0.2) is 0 Å². The number of hydrogen-bond acceptors (Lipinski definition) is 8. The molecule has 0 unspecified atom stereocenters. The number of methoxy groups -OCH3 is 1. The number of aromatic nitrogens is 2. The van der Waals surface area contributed by atoms with Crippen molar-refractivity contribution in [3.8, 4) is 0 Å². The number of amides is 2. The summed E-state index contributed by atoms with van der Waals surface area (Å²) in [6.45, 7) is 3.55. The fourth-order valence-corrected chi connectivity index (χ4v) is 3.81. The predicted octanol–water partition coefficient (Wildman–Crippen LogP) is 3.22. The van der Waals surface area contributed by atoms with Gasteiger partial charge in [0.05, 0.1) is 34.5 Å². The Kier molecular flexibility index (Phi) is 8.09. The van der Waals surface area contributed by atoms with E-state index in [2.05, 4.69) is 30.8 Å². The van der Waals surface area contributed by atoms with Crippen LogP contribution in [0.3, 0.4) is 0 Å². The molecule has 1 aromatic carbocycles. The van der Waals surface area contributed by atoms with Crippen molar-refractivity contribution in [2.75, 3.05) is 48.8 Å². The van der Waals surface area contributed by atoms with Crippen LogP contribution in [0.1, 0.15) is 37.5 Å². The Hall–Kier alpha value is -4.02. The van der Waals surface area contributed by atoms with E-state index in [4.69, 9.17) is 16.3 Å². The SMILES string of the molecule is COC(=O)c1ccc(C(=O)Nc2ccc(Cl)cn2)c(NC(=O)c2ccc(N3CCCNCC3)nc2)c1. The van der Waals surface area contributed by atoms with Crippen LogP contribution < -0.4 is 20.9 Å². The van der Waals surface area contributed by atoms with E-state index in [0.717, 1.165) is 38.4 Å². The van der Waals surface area contributed by atoms with Crippen molar-refractivity contribution in [1.29, 1.82) is 0 Å². The van der Waals surface area contributed by atoms with Crippen molar-refractivity contribution in [2.45, 2.75) is 6.42 Å². The highest BCUT2D eigenvalue weighted by Crippen LogP contribution is 2.22. The van der Waals surface area contributed by atoms with E-state index in [1.807, 2.05) is 0 Å². The molecule has 10 nitrogen and oxygen atoms in total. The molecule has 3 N–H and O–H groups in total. The average Bonchev–Trinajstić information content (AvgIpc) is 3.19. The van der Waals surface area contributed by atoms with Crippen LogP contribution in [0, 0.1) is 0 Å². The van der Waals surface area contributed by atoms with Crippen molar-refractivity contribution in [2.24, 2.45) is 0 Å². The summed E-state index contributed by atoms with van der Waals surface area (Å²) in [5.74, 6) is -0.539. The molecule has 3 heterocycles. The first kappa shape index (κ1) is 25.1. The average molecular weight is 509 g/mol. The zero-order valence-electron chi connectivity index (χ0n) is 19.6. The normalized spacial score (nSPS) is 13.4. The summed E-state index contributed by atoms with van der Waals surface area (Å²) in [4.78, 5) is 48.7. The first-order valence-electron chi connectivity index (χ1n) is 11.3. The predicted molar refractivity (Wildman–Crippen MR) is 137 cm³/mol. The van der Waals surface area contributed by atoms with E-state index in [1.165, 1.54) is 37.7 Å². The molecular weight excluding hydrogens is 484 g/mol. The molecule has 4 rings (SSSR count). The molecule has 1 aliphatic rings. The Morgan fingerprint density at radius 3 is 2.50 bits per heavy atom. The summed E-state index contributed by atoms with van der Waals surface area (Å²) in [5, 5.41) is 9.14. The molecule has 0 atom stereocenters. The van der Waals surface area contributed by atoms with Gasteiger partial charge in [-0.15, -0.1) is 0 Å². The molecular formula is C25H25ClN6O4. The number of anilines is 3. The van der Waals surface area contributed by atoms with E-state index in [-0.39, 0.29) is 22.6 Å². The van der Waals surface area contributed by atoms with Gasteiger partial charge in [-0.2, -0.15) is 0 Å². The van der Waals surface area contributed by atoms with Gasteiger partial charge in [0.2, 0.25) is 0 Å². The maximum Gasteiger partial charge on any atom is 0.337 e. The van der Waals surface area contributed by atoms with Crippen LogP contribution in [0.2, 0.25) is 5.02 Å². The van der Waals surface area contributed by atoms with Gasteiger partial charge in [0.1, 0.15) is 11.6 Å². The van der Waals surface area contributed by atoms with Crippen LogP contribution in [-0.2, 0) is 4.74 Å². The van der Waals surface area contributed by atoms with E-state index < -0.39 is 17.8 Å². The Morgan fingerprint density at radius 2 is 1.78 bits per heavy atom. The lowest BCUT2D eigenvalue weighted by Gasteiger charge is -2.21. The van der Waals surface area contributed by atoms with Crippen molar-refractivity contribution in [3.63, 3.8) is 0 Å². The Bertz CT molecular complexity index is 1240. The van der Waals surface area contributed by atoms with Gasteiger partial charge >= 0.3 is 5.97 Å². The fraction of sp³-hybridized carbons (Fsp3) is 0.240. The third-order valence-electron chi connectivity index (χ3n) is 5.58. The number of nitrogens with zero attached hydrogens (tertiary/aromatic N) is 3. The second-order valence-electron chi connectivity index (χ2n) is 8.02. The number of halogens is 1. The van der Waals surface area contributed by atoms with Crippen LogP contribution >= 0.6 is 11.6 Å². The highest BCUT2D eigenvalue weighted by atomic mass is 35.5. The van der Waals surface area contributed by atoms with Crippen LogP contribution in [-0.4, -0.2) is 61.0 Å². The second-order valence-corrected chi connectivity index (χ2v) is 8.45. The summed E-state index contributed by atoms with van der Waals surface area (Å²) in [5.41, 5.74) is 0.754. The Morgan fingerprint density at radius 1 is 0.944 bits per heavy atom. The summed E-state index contributed by atoms with van der Waals surface area (Å²) in [6, 6.07) is 10.9. The maximum absolute atomic E-state index is 13.0. The minimum absolute atomic E-state index is 0.134. The molecule has 1 fully saturated rings. The van der Waals surface area contributed by atoms with Crippen LogP contribution in [0.5, 0.6) is 0 Å². The van der Waals surface area contributed by atoms with Crippen molar-refractivity contribution < 1.29 is 19.1 Å². The lowest BCUT2D eigenvalue weighted by Crippen LogP contribution is -2.28. The molecule has 11 heteroatoms. The molecule has 0 aliphatic carbocycles. The number of carbonyl (C=O) groups excluding carboxylic acids is 3. The zero-order valence-corrected chi connectivity index (χ0v) is 20.3. The number of rotatable bonds is 6. The number of benzene rings is 1. The van der Waals surface area contributed by atoms with Gasteiger partial charge < -0.3 is 25.6 Å². The molecule has 1 aliphatic heterocycles. The zero-order chi connectivity index (χ0) is 25.5. The lowest BCUT2D eigenvalue weighted by atomic mass is 10.1. The van der Waals surface area contributed by atoms with Crippen LogP contribution in [0.15, 0.2) is 54.9 Å². The smallest absolute Gasteiger partial charge is 0.337 e. The highest BCUT2D eigenvalue weighted by molar-refractivity contribution is 6.30. The van der Waals surface area contributed by atoms with Gasteiger partial charge in [0.25, 0.3) is 11.8 Å². The standard InChI is InChI=1S/C25H25ClN6O4/c1-36-25(35)16-3-6-19(24(34)31-21-7-5-18(26)15-28-21)20(13-16)30-23(33)17-4-8-22(29-14-17)32-11-2-9-27-10-12-32/h3-8,13-15,27H,2,9-12H2,1H3,(H,30,33)(H,28,31,34). The van der Waals surface area contributed by atoms with E-state index in [0.29, 0.717) is 10.6 Å². The topological polar surface area (TPSA) is 126 Å². The number of ether oxygens (including phenoxy) is 1. The first-order chi connectivity index (χ1) is 17.4. The number of nitrogens with one attached hydrogen (secondary N) is 3. The number of esters is 1. The number of pyridine rings is 2. The molecule has 0 radical (unpaired) electrons. The van der Waals surface area contributed by atoms with Crippen molar-refractivity contribution >= 4 is 46.7 Å². The minimum Gasteiger partial charge on any atom is -0.465 e. The summed E-state index contributed by atoms with van der Waals surface area (Å²) in [6.07, 6.45) is 3.90. The van der Waals surface area contributed by atoms with E-state index in [1.54, 1.807) is 24.3 Å².